The first-order valence-corrected chi connectivity index (χ1v) is 6.16. The molecular weight excluding hydrogens is 260 g/mol. The molecule has 1 rings (SSSR count). The summed E-state index contributed by atoms with van der Waals surface area (Å²) in [5, 5.41) is 9.25. The highest BCUT2D eigenvalue weighted by Crippen LogP contribution is 2.10. The van der Waals surface area contributed by atoms with Gasteiger partial charge in [-0.05, 0) is 31.5 Å². The van der Waals surface area contributed by atoms with Crippen molar-refractivity contribution in [1.82, 2.24) is 10.9 Å². The Morgan fingerprint density at radius 2 is 2.20 bits per heavy atom. The Bertz CT molecular complexity index is 488. The molecule has 0 heterocycles. The molecule has 0 saturated heterocycles. The van der Waals surface area contributed by atoms with Crippen LogP contribution in [0.4, 0.5) is 0 Å². The average molecular weight is 278 g/mol. The quantitative estimate of drug-likeness (QED) is 0.413. The number of carbonyl (C=O) groups is 2. The van der Waals surface area contributed by atoms with Crippen LogP contribution in [0, 0.1) is 0 Å². The number of phenols is 1. The lowest BCUT2D eigenvalue weighted by atomic mass is 10.2. The average Bonchev–Trinajstić information content (AvgIpc) is 2.44. The Kier molecular flexibility index (Phi) is 6.25. The van der Waals surface area contributed by atoms with Crippen LogP contribution in [0.1, 0.15) is 23.7 Å². The van der Waals surface area contributed by atoms with Crippen LogP contribution in [-0.4, -0.2) is 29.6 Å². The maximum absolute atomic E-state index is 11.7. The van der Waals surface area contributed by atoms with Crippen LogP contribution >= 0.6 is 0 Å². The van der Waals surface area contributed by atoms with Crippen LogP contribution in [0.15, 0.2) is 36.9 Å². The molecule has 0 fully saturated rings. The second kappa shape index (κ2) is 7.96. The summed E-state index contributed by atoms with van der Waals surface area (Å²) in [6, 6.07) is 5.80. The molecule has 1 unspecified atom stereocenters. The van der Waals surface area contributed by atoms with Gasteiger partial charge in [-0.3, -0.25) is 20.4 Å². The van der Waals surface area contributed by atoms with E-state index in [9.17, 15) is 14.7 Å². The molecule has 0 bridgehead atoms. The largest absolute Gasteiger partial charge is 0.508 e. The molecule has 1 atom stereocenters. The maximum atomic E-state index is 11.7. The van der Waals surface area contributed by atoms with Crippen LogP contribution < -0.4 is 10.9 Å². The number of phenolic OH excluding ortho intramolecular Hbond substituents is 1. The Labute approximate surface area is 117 Å². The highest BCUT2D eigenvalue weighted by atomic mass is 16.5. The van der Waals surface area contributed by atoms with E-state index in [2.05, 4.69) is 17.4 Å². The van der Waals surface area contributed by atoms with Crippen molar-refractivity contribution in [2.45, 2.75) is 19.4 Å². The second-order valence-electron chi connectivity index (χ2n) is 4.08. The van der Waals surface area contributed by atoms with Crippen molar-refractivity contribution in [3.63, 3.8) is 0 Å². The van der Waals surface area contributed by atoms with Crippen molar-refractivity contribution in [2.75, 3.05) is 6.61 Å². The van der Waals surface area contributed by atoms with Gasteiger partial charge in [-0.15, -0.1) is 6.58 Å². The van der Waals surface area contributed by atoms with E-state index < -0.39 is 17.9 Å². The molecule has 0 aliphatic heterocycles. The van der Waals surface area contributed by atoms with Gasteiger partial charge in [-0.25, -0.2) is 0 Å². The van der Waals surface area contributed by atoms with Crippen LogP contribution in [0.2, 0.25) is 0 Å². The molecule has 1 aromatic rings. The number of hydrogen-bond acceptors (Lipinski definition) is 4. The van der Waals surface area contributed by atoms with Gasteiger partial charge in [0, 0.05) is 5.56 Å². The predicted octanol–water partition coefficient (Wildman–Crippen LogP) is 1.13. The lowest BCUT2D eigenvalue weighted by molar-refractivity contribution is -0.132. The van der Waals surface area contributed by atoms with E-state index in [-0.39, 0.29) is 11.3 Å². The van der Waals surface area contributed by atoms with Crippen molar-refractivity contribution in [3.05, 3.63) is 42.5 Å². The Morgan fingerprint density at radius 1 is 1.45 bits per heavy atom. The van der Waals surface area contributed by atoms with Crippen LogP contribution in [0.25, 0.3) is 0 Å². The number of hydrazine groups is 1. The zero-order valence-electron chi connectivity index (χ0n) is 11.3. The minimum atomic E-state index is -0.681. The minimum Gasteiger partial charge on any atom is -0.508 e. The molecule has 0 aliphatic rings. The first-order valence-electron chi connectivity index (χ1n) is 6.16. The number of benzene rings is 1. The molecule has 2 amide bonds. The van der Waals surface area contributed by atoms with E-state index in [4.69, 9.17) is 4.74 Å². The summed E-state index contributed by atoms with van der Waals surface area (Å²) < 4.78 is 5.23. The maximum Gasteiger partial charge on any atom is 0.269 e. The van der Waals surface area contributed by atoms with E-state index in [1.807, 2.05) is 0 Å². The standard InChI is InChI=1S/C14H18N2O4/c1-3-4-8-20-10(2)13(18)15-16-14(19)11-6-5-7-12(17)9-11/h3,5-7,9-10,17H,1,4,8H2,2H3,(H,15,18)(H,16,19). The fourth-order valence-electron chi connectivity index (χ4n) is 1.34. The molecule has 3 N–H and O–H groups in total. The lowest BCUT2D eigenvalue weighted by Gasteiger charge is -2.13. The molecular formula is C14H18N2O4. The smallest absolute Gasteiger partial charge is 0.269 e. The number of hydrogen-bond donors (Lipinski definition) is 3. The monoisotopic (exact) mass is 278 g/mol. The number of carbonyl (C=O) groups excluding carboxylic acids is 2. The fraction of sp³-hybridized carbons (Fsp3) is 0.286. The van der Waals surface area contributed by atoms with E-state index in [1.54, 1.807) is 13.0 Å². The molecule has 6 nitrogen and oxygen atoms in total. The van der Waals surface area contributed by atoms with Gasteiger partial charge in [0.15, 0.2) is 0 Å². The first-order chi connectivity index (χ1) is 9.54. The normalized spacial score (nSPS) is 11.4. The van der Waals surface area contributed by atoms with E-state index in [0.717, 1.165) is 0 Å². The molecule has 0 aliphatic carbocycles. The Morgan fingerprint density at radius 3 is 2.85 bits per heavy atom. The van der Waals surface area contributed by atoms with Crippen LogP contribution in [-0.2, 0) is 9.53 Å². The zero-order chi connectivity index (χ0) is 15.0. The number of amides is 2. The van der Waals surface area contributed by atoms with Crippen LogP contribution in [0.3, 0.4) is 0 Å². The third-order valence-corrected chi connectivity index (χ3v) is 2.47. The Balaban J connectivity index is 2.40. The highest BCUT2D eigenvalue weighted by molar-refractivity contribution is 5.96. The molecule has 0 spiro atoms. The SMILES string of the molecule is C=CCCOC(C)C(=O)NNC(=O)c1cccc(O)c1. The summed E-state index contributed by atoms with van der Waals surface area (Å²) in [4.78, 5) is 23.3. The Hall–Kier alpha value is -2.34. The summed E-state index contributed by atoms with van der Waals surface area (Å²) in [6.45, 7) is 5.51. The third-order valence-electron chi connectivity index (χ3n) is 2.47. The van der Waals surface area contributed by atoms with E-state index >= 15 is 0 Å². The molecule has 108 valence electrons. The number of nitrogens with one attached hydrogen (secondary N) is 2. The number of rotatable bonds is 6. The van der Waals surface area contributed by atoms with Gasteiger partial charge < -0.3 is 9.84 Å². The summed E-state index contributed by atoms with van der Waals surface area (Å²) in [5.41, 5.74) is 4.74. The van der Waals surface area contributed by atoms with Crippen molar-refractivity contribution >= 4 is 11.8 Å². The predicted molar refractivity (Wildman–Crippen MR) is 73.9 cm³/mol. The topological polar surface area (TPSA) is 87.7 Å². The fourth-order valence-corrected chi connectivity index (χ4v) is 1.34. The molecule has 0 saturated carbocycles. The zero-order valence-corrected chi connectivity index (χ0v) is 11.3. The van der Waals surface area contributed by atoms with Crippen molar-refractivity contribution < 1.29 is 19.4 Å². The van der Waals surface area contributed by atoms with Gasteiger partial charge in [-0.1, -0.05) is 12.1 Å². The van der Waals surface area contributed by atoms with Crippen molar-refractivity contribution in [2.24, 2.45) is 0 Å². The van der Waals surface area contributed by atoms with Gasteiger partial charge >= 0.3 is 0 Å². The molecule has 0 radical (unpaired) electrons. The summed E-state index contributed by atoms with van der Waals surface area (Å²) >= 11 is 0. The van der Waals surface area contributed by atoms with Crippen molar-refractivity contribution in [3.8, 4) is 5.75 Å². The number of aromatic hydroxyl groups is 1. The lowest BCUT2D eigenvalue weighted by Crippen LogP contribution is -2.46. The van der Waals surface area contributed by atoms with Crippen LogP contribution in [0.5, 0.6) is 5.75 Å². The number of ether oxygens (including phenoxy) is 1. The van der Waals surface area contributed by atoms with Gasteiger partial charge in [0.2, 0.25) is 0 Å². The summed E-state index contributed by atoms with van der Waals surface area (Å²) in [5.74, 6) is -1.000. The molecule has 6 heteroatoms. The van der Waals surface area contributed by atoms with Gasteiger partial charge in [0.05, 0.1) is 6.61 Å². The highest BCUT2D eigenvalue weighted by Gasteiger charge is 2.14. The van der Waals surface area contributed by atoms with Gasteiger partial charge in [0.25, 0.3) is 11.8 Å². The molecule has 1 aromatic carbocycles. The third kappa shape index (κ3) is 5.11. The van der Waals surface area contributed by atoms with Gasteiger partial charge in [-0.2, -0.15) is 0 Å². The summed E-state index contributed by atoms with van der Waals surface area (Å²) in [6.07, 6.45) is 1.65. The second-order valence-corrected chi connectivity index (χ2v) is 4.08. The van der Waals surface area contributed by atoms with E-state index in [0.29, 0.717) is 13.0 Å². The first kappa shape index (κ1) is 15.7. The summed E-state index contributed by atoms with van der Waals surface area (Å²) in [7, 11) is 0. The minimum absolute atomic E-state index is 0.0231. The van der Waals surface area contributed by atoms with Gasteiger partial charge in [0.1, 0.15) is 11.9 Å². The molecule has 0 aromatic heterocycles. The molecule has 20 heavy (non-hydrogen) atoms. The van der Waals surface area contributed by atoms with Crippen molar-refractivity contribution in [1.29, 1.82) is 0 Å². The van der Waals surface area contributed by atoms with E-state index in [1.165, 1.54) is 24.3 Å².